The minimum Gasteiger partial charge on any atom is -0.435 e. The van der Waals surface area contributed by atoms with Gasteiger partial charge in [0.1, 0.15) is 5.75 Å². The lowest BCUT2D eigenvalue weighted by atomic mass is 10.1. The first kappa shape index (κ1) is 23.4. The van der Waals surface area contributed by atoms with Gasteiger partial charge in [0.15, 0.2) is 11.0 Å². The van der Waals surface area contributed by atoms with E-state index in [2.05, 4.69) is 25.2 Å². The highest BCUT2D eigenvalue weighted by Crippen LogP contribution is 2.27. The van der Waals surface area contributed by atoms with Crippen molar-refractivity contribution in [3.05, 3.63) is 84.7 Å². The molecule has 0 saturated heterocycles. The molecular weight excluding hydrogens is 460 g/mol. The Bertz CT molecular complexity index is 1210. The monoisotopic (exact) mass is 481 g/mol. The first-order valence-corrected chi connectivity index (χ1v) is 11.4. The van der Waals surface area contributed by atoms with Gasteiger partial charge in [0.05, 0.1) is 5.75 Å². The van der Waals surface area contributed by atoms with E-state index in [1.807, 2.05) is 47.0 Å². The van der Waals surface area contributed by atoms with Crippen LogP contribution in [-0.2, 0) is 11.2 Å². The number of ether oxygens (including phenoxy) is 1. The van der Waals surface area contributed by atoms with Gasteiger partial charge < -0.3 is 10.1 Å². The molecule has 0 spiro atoms. The van der Waals surface area contributed by atoms with Crippen LogP contribution in [0.25, 0.3) is 17.1 Å². The van der Waals surface area contributed by atoms with Crippen molar-refractivity contribution < 1.29 is 18.3 Å². The fraction of sp³-hybridized carbons (Fsp3) is 0.167. The van der Waals surface area contributed by atoms with Gasteiger partial charge in [0.2, 0.25) is 5.91 Å². The molecule has 0 radical (unpaired) electrons. The Morgan fingerprint density at radius 3 is 2.53 bits per heavy atom. The zero-order valence-corrected chi connectivity index (χ0v) is 18.8. The van der Waals surface area contributed by atoms with Crippen LogP contribution in [0.5, 0.6) is 5.75 Å². The minimum absolute atomic E-state index is 0.104. The molecule has 0 saturated carbocycles. The summed E-state index contributed by atoms with van der Waals surface area (Å²) in [6, 6.07) is 19.8. The van der Waals surface area contributed by atoms with Crippen LogP contribution in [0.3, 0.4) is 0 Å². The average Bonchev–Trinajstić information content (AvgIpc) is 3.29. The van der Waals surface area contributed by atoms with Gasteiger partial charge in [-0.05, 0) is 48.4 Å². The summed E-state index contributed by atoms with van der Waals surface area (Å²) in [4.78, 5) is 16.6. The number of alkyl halides is 2. The number of hydrogen-bond acceptors (Lipinski definition) is 6. The summed E-state index contributed by atoms with van der Waals surface area (Å²) >= 11 is 1.29. The largest absolute Gasteiger partial charge is 0.435 e. The average molecular weight is 482 g/mol. The zero-order valence-electron chi connectivity index (χ0n) is 18.0. The van der Waals surface area contributed by atoms with E-state index < -0.39 is 6.61 Å². The van der Waals surface area contributed by atoms with Gasteiger partial charge >= 0.3 is 6.61 Å². The molecule has 174 valence electrons. The molecule has 4 rings (SSSR count). The van der Waals surface area contributed by atoms with Crippen LogP contribution in [0.4, 0.5) is 8.78 Å². The minimum atomic E-state index is -2.85. The number of carbonyl (C=O) groups is 1. The van der Waals surface area contributed by atoms with Crippen LogP contribution >= 0.6 is 11.8 Å². The van der Waals surface area contributed by atoms with Crippen molar-refractivity contribution in [2.24, 2.45) is 0 Å². The van der Waals surface area contributed by atoms with E-state index in [0.717, 1.165) is 16.8 Å². The number of hydrogen-bond donors (Lipinski definition) is 1. The van der Waals surface area contributed by atoms with E-state index in [-0.39, 0.29) is 17.4 Å². The Morgan fingerprint density at radius 1 is 1.03 bits per heavy atom. The smallest absolute Gasteiger partial charge is 0.387 e. The molecule has 0 atom stereocenters. The summed E-state index contributed by atoms with van der Waals surface area (Å²) < 4.78 is 30.7. The first-order chi connectivity index (χ1) is 16.6. The Morgan fingerprint density at radius 2 is 1.82 bits per heavy atom. The SMILES string of the molecule is O=C(CSc1nnc(-c2cccnc2)n1-c1ccccc1)NCCc1ccc(OC(F)F)cc1. The molecule has 0 aliphatic heterocycles. The number of pyridine rings is 1. The molecule has 2 aromatic heterocycles. The van der Waals surface area contributed by atoms with Crippen molar-refractivity contribution in [3.8, 4) is 22.8 Å². The predicted molar refractivity (Wildman–Crippen MR) is 125 cm³/mol. The van der Waals surface area contributed by atoms with Gasteiger partial charge in [-0.3, -0.25) is 14.3 Å². The number of nitrogens with one attached hydrogen (secondary N) is 1. The lowest BCUT2D eigenvalue weighted by molar-refractivity contribution is -0.118. The van der Waals surface area contributed by atoms with Crippen molar-refractivity contribution in [2.45, 2.75) is 18.2 Å². The van der Waals surface area contributed by atoms with Crippen LogP contribution < -0.4 is 10.1 Å². The lowest BCUT2D eigenvalue weighted by Crippen LogP contribution is -2.27. The van der Waals surface area contributed by atoms with E-state index in [4.69, 9.17) is 0 Å². The Labute approximate surface area is 199 Å². The van der Waals surface area contributed by atoms with Crippen LogP contribution in [0.2, 0.25) is 0 Å². The second-order valence-electron chi connectivity index (χ2n) is 7.13. The molecule has 0 aliphatic carbocycles. The standard InChI is InChI=1S/C24H21F2N5O2S/c25-23(26)33-20-10-8-17(9-11-20)12-14-28-21(32)16-34-24-30-29-22(18-5-4-13-27-15-18)31(24)19-6-2-1-3-7-19/h1-11,13,15,23H,12,14,16H2,(H,28,32). The molecule has 2 heterocycles. The molecule has 1 amide bonds. The Balaban J connectivity index is 1.36. The van der Waals surface area contributed by atoms with Gasteiger partial charge in [-0.15, -0.1) is 10.2 Å². The number of para-hydroxylation sites is 1. The topological polar surface area (TPSA) is 81.9 Å². The maximum atomic E-state index is 12.4. The maximum Gasteiger partial charge on any atom is 0.387 e. The van der Waals surface area contributed by atoms with E-state index >= 15 is 0 Å². The van der Waals surface area contributed by atoms with Crippen molar-refractivity contribution >= 4 is 17.7 Å². The number of rotatable bonds is 10. The van der Waals surface area contributed by atoms with Gasteiger partial charge in [-0.25, -0.2) is 0 Å². The highest BCUT2D eigenvalue weighted by molar-refractivity contribution is 7.99. The van der Waals surface area contributed by atoms with Crippen molar-refractivity contribution in [1.82, 2.24) is 25.1 Å². The van der Waals surface area contributed by atoms with E-state index in [1.54, 1.807) is 24.5 Å². The summed E-state index contributed by atoms with van der Waals surface area (Å²) in [6.07, 6.45) is 3.98. The normalized spacial score (nSPS) is 10.9. The summed E-state index contributed by atoms with van der Waals surface area (Å²) in [5, 5.41) is 12.1. The molecule has 0 fully saturated rings. The molecule has 2 aromatic carbocycles. The third kappa shape index (κ3) is 6.16. The predicted octanol–water partition coefficient (Wildman–Crippen LogP) is 4.38. The number of thioether (sulfide) groups is 1. The molecule has 1 N–H and O–H groups in total. The number of benzene rings is 2. The molecule has 10 heteroatoms. The van der Waals surface area contributed by atoms with Crippen molar-refractivity contribution in [3.63, 3.8) is 0 Å². The molecule has 4 aromatic rings. The molecule has 0 aliphatic rings. The molecule has 34 heavy (non-hydrogen) atoms. The number of nitrogens with zero attached hydrogens (tertiary/aromatic N) is 4. The molecule has 0 unspecified atom stereocenters. The van der Waals surface area contributed by atoms with Crippen LogP contribution in [0, 0.1) is 0 Å². The van der Waals surface area contributed by atoms with Crippen molar-refractivity contribution in [1.29, 1.82) is 0 Å². The second kappa shape index (κ2) is 11.4. The highest BCUT2D eigenvalue weighted by Gasteiger charge is 2.17. The summed E-state index contributed by atoms with van der Waals surface area (Å²) in [7, 11) is 0. The zero-order chi connectivity index (χ0) is 23.8. The van der Waals surface area contributed by atoms with Gasteiger partial charge in [0, 0.05) is 30.2 Å². The summed E-state index contributed by atoms with van der Waals surface area (Å²) in [5.74, 6) is 0.765. The molecule has 0 bridgehead atoms. The van der Waals surface area contributed by atoms with E-state index in [1.165, 1.54) is 23.9 Å². The number of halogens is 2. The Kier molecular flexibility index (Phi) is 7.82. The molecular formula is C24H21F2N5O2S. The van der Waals surface area contributed by atoms with Crippen LogP contribution in [-0.4, -0.2) is 44.6 Å². The second-order valence-corrected chi connectivity index (χ2v) is 8.07. The third-order valence-corrected chi connectivity index (χ3v) is 5.71. The van der Waals surface area contributed by atoms with E-state index in [0.29, 0.717) is 23.9 Å². The first-order valence-electron chi connectivity index (χ1n) is 10.4. The third-order valence-electron chi connectivity index (χ3n) is 4.78. The van der Waals surface area contributed by atoms with Crippen molar-refractivity contribution in [2.75, 3.05) is 12.3 Å². The van der Waals surface area contributed by atoms with Gasteiger partial charge in [-0.1, -0.05) is 42.1 Å². The van der Waals surface area contributed by atoms with Gasteiger partial charge in [0.25, 0.3) is 0 Å². The fourth-order valence-corrected chi connectivity index (χ4v) is 4.00. The summed E-state index contributed by atoms with van der Waals surface area (Å²) in [5.41, 5.74) is 2.60. The van der Waals surface area contributed by atoms with Crippen LogP contribution in [0.15, 0.2) is 84.3 Å². The number of aromatic nitrogens is 4. The number of carbonyl (C=O) groups excluding carboxylic acids is 1. The maximum absolute atomic E-state index is 12.4. The van der Waals surface area contributed by atoms with E-state index in [9.17, 15) is 13.6 Å². The lowest BCUT2D eigenvalue weighted by Gasteiger charge is -2.10. The Hall–Kier alpha value is -3.79. The fourth-order valence-electron chi connectivity index (χ4n) is 3.22. The summed E-state index contributed by atoms with van der Waals surface area (Å²) in [6.45, 7) is -2.43. The quantitative estimate of drug-likeness (QED) is 0.339. The van der Waals surface area contributed by atoms with Crippen LogP contribution in [0.1, 0.15) is 5.56 Å². The molecule has 7 nitrogen and oxygen atoms in total. The number of amides is 1. The highest BCUT2D eigenvalue weighted by atomic mass is 32.2. The van der Waals surface area contributed by atoms with Gasteiger partial charge in [-0.2, -0.15) is 8.78 Å².